The van der Waals surface area contributed by atoms with E-state index in [9.17, 15) is 19.1 Å². The molecule has 3 amide bonds. The molecule has 1 aromatic carbocycles. The lowest BCUT2D eigenvalue weighted by Crippen LogP contribution is -2.52. The van der Waals surface area contributed by atoms with Crippen molar-refractivity contribution in [3.8, 4) is 0 Å². The summed E-state index contributed by atoms with van der Waals surface area (Å²) in [5.41, 5.74) is -0.784. The fourth-order valence-corrected chi connectivity index (χ4v) is 4.26. The van der Waals surface area contributed by atoms with Crippen molar-refractivity contribution in [3.05, 3.63) is 35.6 Å². The predicted molar refractivity (Wildman–Crippen MR) is 86.5 cm³/mol. The molecule has 130 valence electrons. The summed E-state index contributed by atoms with van der Waals surface area (Å²) in [6, 6.07) is 5.34. The predicted octanol–water partition coefficient (Wildman–Crippen LogP) is 2.61. The Morgan fingerprint density at radius 3 is 2.54 bits per heavy atom. The maximum absolute atomic E-state index is 13.8. The number of hydrogen-bond donors (Lipinski definition) is 2. The summed E-state index contributed by atoms with van der Waals surface area (Å²) in [6.07, 6.45) is 1.00. The van der Waals surface area contributed by atoms with E-state index in [4.69, 9.17) is 0 Å². The number of urea groups is 1. The van der Waals surface area contributed by atoms with Crippen molar-refractivity contribution >= 4 is 11.9 Å². The molecular weight excluding hydrogens is 311 g/mol. The summed E-state index contributed by atoms with van der Waals surface area (Å²) in [4.78, 5) is 26.2. The number of halogens is 1. The first-order chi connectivity index (χ1) is 11.3. The van der Waals surface area contributed by atoms with Gasteiger partial charge in [-0.2, -0.15) is 0 Å². The van der Waals surface area contributed by atoms with Crippen LogP contribution in [-0.2, 0) is 4.79 Å². The van der Waals surface area contributed by atoms with E-state index in [2.05, 4.69) is 19.2 Å². The number of carbonyl (C=O) groups is 2. The Balaban J connectivity index is 1.79. The Labute approximate surface area is 140 Å². The Bertz CT molecular complexity index is 653. The third-order valence-electron chi connectivity index (χ3n) is 5.06. The summed E-state index contributed by atoms with van der Waals surface area (Å²) >= 11 is 0. The quantitative estimate of drug-likeness (QED) is 0.835. The van der Waals surface area contributed by atoms with Crippen LogP contribution in [0.1, 0.15) is 44.8 Å². The van der Waals surface area contributed by atoms with Crippen LogP contribution in [0.25, 0.3) is 0 Å². The number of aliphatic hydroxyl groups excluding tert-OH is 1. The number of carbonyl (C=O) groups excluding carboxylic acids is 2. The van der Waals surface area contributed by atoms with E-state index in [1.54, 1.807) is 6.07 Å². The van der Waals surface area contributed by atoms with Gasteiger partial charge in [0.25, 0.3) is 5.91 Å². The molecule has 1 saturated carbocycles. The van der Waals surface area contributed by atoms with Crippen molar-refractivity contribution in [2.45, 2.75) is 44.8 Å². The number of nitrogens with zero attached hydrogens (tertiary/aromatic N) is 1. The van der Waals surface area contributed by atoms with E-state index in [0.29, 0.717) is 24.7 Å². The van der Waals surface area contributed by atoms with Gasteiger partial charge < -0.3 is 10.4 Å². The van der Waals surface area contributed by atoms with Gasteiger partial charge in [-0.3, -0.25) is 9.69 Å². The Morgan fingerprint density at radius 2 is 1.92 bits per heavy atom. The molecular formula is C18H23FN2O3. The average molecular weight is 334 g/mol. The molecule has 1 aliphatic carbocycles. The van der Waals surface area contributed by atoms with E-state index in [0.717, 1.165) is 11.3 Å². The summed E-state index contributed by atoms with van der Waals surface area (Å²) in [5.74, 6) is -0.170. The van der Waals surface area contributed by atoms with Gasteiger partial charge in [0.05, 0.1) is 12.6 Å². The zero-order valence-corrected chi connectivity index (χ0v) is 14.0. The third kappa shape index (κ3) is 2.90. The van der Waals surface area contributed by atoms with E-state index in [-0.39, 0.29) is 18.0 Å². The van der Waals surface area contributed by atoms with Crippen molar-refractivity contribution < 1.29 is 19.1 Å². The Morgan fingerprint density at radius 1 is 1.29 bits per heavy atom. The lowest BCUT2D eigenvalue weighted by molar-refractivity contribution is -0.134. The molecule has 0 radical (unpaired) electrons. The highest BCUT2D eigenvalue weighted by Crippen LogP contribution is 2.40. The highest BCUT2D eigenvalue weighted by atomic mass is 19.1. The monoisotopic (exact) mass is 334 g/mol. The number of β-amino-alcohol motifs (C(OH)–C–C–N with tert-alkyl or cyclic N) is 1. The second-order valence-corrected chi connectivity index (χ2v) is 7.32. The SMILES string of the molecule is CC1CC(C)CC2(C1)NC(=O)N(CC(O)c1ccccc1F)C2=O. The molecule has 1 spiro atoms. The topological polar surface area (TPSA) is 69.6 Å². The van der Waals surface area contributed by atoms with Crippen molar-refractivity contribution in [1.82, 2.24) is 10.2 Å². The first-order valence-corrected chi connectivity index (χ1v) is 8.39. The zero-order chi connectivity index (χ0) is 17.5. The van der Waals surface area contributed by atoms with E-state index in [1.807, 2.05) is 0 Å². The van der Waals surface area contributed by atoms with Gasteiger partial charge in [0, 0.05) is 5.56 Å². The summed E-state index contributed by atoms with van der Waals surface area (Å²) in [7, 11) is 0. The molecule has 3 unspecified atom stereocenters. The Kier molecular flexibility index (Phi) is 4.34. The number of rotatable bonds is 3. The third-order valence-corrected chi connectivity index (χ3v) is 5.06. The van der Waals surface area contributed by atoms with Gasteiger partial charge in [0.15, 0.2) is 0 Å². The minimum Gasteiger partial charge on any atom is -0.386 e. The lowest BCUT2D eigenvalue weighted by atomic mass is 9.71. The van der Waals surface area contributed by atoms with Crippen LogP contribution in [-0.4, -0.2) is 34.0 Å². The van der Waals surface area contributed by atoms with Gasteiger partial charge in [-0.05, 0) is 37.2 Å². The number of amides is 3. The maximum Gasteiger partial charge on any atom is 0.325 e. The number of nitrogens with one attached hydrogen (secondary N) is 1. The molecule has 2 fully saturated rings. The molecule has 2 N–H and O–H groups in total. The molecule has 0 aromatic heterocycles. The van der Waals surface area contributed by atoms with Gasteiger partial charge in [-0.25, -0.2) is 9.18 Å². The van der Waals surface area contributed by atoms with Crippen LogP contribution < -0.4 is 5.32 Å². The molecule has 5 nitrogen and oxygen atoms in total. The maximum atomic E-state index is 13.8. The van der Waals surface area contributed by atoms with Crippen molar-refractivity contribution in [2.24, 2.45) is 11.8 Å². The molecule has 1 heterocycles. The zero-order valence-electron chi connectivity index (χ0n) is 14.0. The molecule has 1 aromatic rings. The van der Waals surface area contributed by atoms with Gasteiger partial charge in [-0.15, -0.1) is 0 Å². The fraction of sp³-hybridized carbons (Fsp3) is 0.556. The molecule has 1 saturated heterocycles. The average Bonchev–Trinajstić information content (AvgIpc) is 2.70. The molecule has 3 atom stereocenters. The number of hydrogen-bond acceptors (Lipinski definition) is 3. The van der Waals surface area contributed by atoms with Crippen LogP contribution in [0.4, 0.5) is 9.18 Å². The van der Waals surface area contributed by atoms with Crippen LogP contribution in [0.15, 0.2) is 24.3 Å². The molecule has 2 aliphatic rings. The molecule has 3 rings (SSSR count). The van der Waals surface area contributed by atoms with Gasteiger partial charge in [-0.1, -0.05) is 32.0 Å². The van der Waals surface area contributed by atoms with Gasteiger partial charge in [0.1, 0.15) is 11.4 Å². The minimum atomic E-state index is -1.24. The van der Waals surface area contributed by atoms with E-state index < -0.39 is 23.5 Å². The minimum absolute atomic E-state index is 0.0874. The number of benzene rings is 1. The second kappa shape index (κ2) is 6.16. The van der Waals surface area contributed by atoms with E-state index in [1.165, 1.54) is 18.2 Å². The fourth-order valence-electron chi connectivity index (χ4n) is 4.26. The molecule has 1 aliphatic heterocycles. The highest BCUT2D eigenvalue weighted by molar-refractivity contribution is 6.07. The Hall–Kier alpha value is -1.95. The largest absolute Gasteiger partial charge is 0.386 e. The van der Waals surface area contributed by atoms with Crippen LogP contribution in [0.5, 0.6) is 0 Å². The number of aliphatic hydroxyl groups is 1. The molecule has 24 heavy (non-hydrogen) atoms. The standard InChI is InChI=1S/C18H23FN2O3/c1-11-7-12(2)9-18(8-11)16(23)21(17(24)20-18)10-15(22)13-5-3-4-6-14(13)19/h3-6,11-12,15,22H,7-10H2,1-2H3,(H,20,24). The van der Waals surface area contributed by atoms with E-state index >= 15 is 0 Å². The van der Waals surface area contributed by atoms with Gasteiger partial charge >= 0.3 is 6.03 Å². The first-order valence-electron chi connectivity index (χ1n) is 8.39. The molecule has 0 bridgehead atoms. The first kappa shape index (κ1) is 16.9. The highest BCUT2D eigenvalue weighted by Gasteiger charge is 2.54. The summed E-state index contributed by atoms with van der Waals surface area (Å²) in [6.45, 7) is 3.91. The van der Waals surface area contributed by atoms with Crippen molar-refractivity contribution in [2.75, 3.05) is 6.54 Å². The van der Waals surface area contributed by atoms with Crippen LogP contribution in [0.3, 0.4) is 0 Å². The normalized spacial score (nSPS) is 31.4. The summed E-state index contributed by atoms with van der Waals surface area (Å²) in [5, 5.41) is 13.1. The van der Waals surface area contributed by atoms with Crippen molar-refractivity contribution in [3.63, 3.8) is 0 Å². The van der Waals surface area contributed by atoms with Crippen LogP contribution in [0, 0.1) is 17.7 Å². The smallest absolute Gasteiger partial charge is 0.325 e. The summed E-state index contributed by atoms with van der Waals surface area (Å²) < 4.78 is 13.8. The molecule has 6 heteroatoms. The second-order valence-electron chi connectivity index (χ2n) is 7.32. The number of imide groups is 1. The van der Waals surface area contributed by atoms with Crippen molar-refractivity contribution in [1.29, 1.82) is 0 Å². The van der Waals surface area contributed by atoms with Crippen LogP contribution in [0.2, 0.25) is 0 Å². The van der Waals surface area contributed by atoms with Gasteiger partial charge in [0.2, 0.25) is 0 Å². The lowest BCUT2D eigenvalue weighted by Gasteiger charge is -2.38. The van der Waals surface area contributed by atoms with Crippen LogP contribution >= 0.6 is 0 Å².